The molecular formula is C22H24ClN5O2. The molecule has 0 aromatic heterocycles. The van der Waals surface area contributed by atoms with Crippen molar-refractivity contribution in [2.24, 2.45) is 9.98 Å². The summed E-state index contributed by atoms with van der Waals surface area (Å²) in [7, 11) is 4.83. The Kier molecular flexibility index (Phi) is 8.39. The third-order valence-corrected chi connectivity index (χ3v) is 4.31. The maximum atomic E-state index is 12.2. The zero-order valence-electron chi connectivity index (χ0n) is 17.4. The molecule has 0 fully saturated rings. The molecule has 2 rings (SSSR count). The Labute approximate surface area is 181 Å². The normalized spacial score (nSPS) is 12.3. The van der Waals surface area contributed by atoms with Crippen LogP contribution in [0.15, 0.2) is 52.4 Å². The topological polar surface area (TPSA) is 90.1 Å². The Morgan fingerprint density at radius 2 is 2.10 bits per heavy atom. The highest BCUT2D eigenvalue weighted by atomic mass is 35.5. The molecular weight excluding hydrogens is 402 g/mol. The summed E-state index contributed by atoms with van der Waals surface area (Å²) in [5, 5.41) is 13.1. The molecule has 1 atom stereocenters. The predicted octanol–water partition coefficient (Wildman–Crippen LogP) is 4.42. The highest BCUT2D eigenvalue weighted by Crippen LogP contribution is 2.33. The molecule has 0 saturated carbocycles. The molecule has 0 bridgehead atoms. The van der Waals surface area contributed by atoms with Crippen LogP contribution in [0.1, 0.15) is 36.1 Å². The zero-order chi connectivity index (χ0) is 22.1. The quantitative estimate of drug-likeness (QED) is 0.567. The smallest absolute Gasteiger partial charge is 0.410 e. The van der Waals surface area contributed by atoms with Crippen molar-refractivity contribution >= 4 is 29.9 Å². The molecule has 156 valence electrons. The van der Waals surface area contributed by atoms with Crippen molar-refractivity contribution in [1.29, 1.82) is 5.26 Å². The molecule has 0 saturated heterocycles. The molecule has 0 aliphatic heterocycles. The first-order valence-electron chi connectivity index (χ1n) is 9.34. The number of benzene rings is 2. The summed E-state index contributed by atoms with van der Waals surface area (Å²) in [6.07, 6.45) is 1.97. The Morgan fingerprint density at radius 3 is 2.73 bits per heavy atom. The molecule has 0 aliphatic carbocycles. The van der Waals surface area contributed by atoms with Gasteiger partial charge in [0.2, 0.25) is 5.96 Å². The lowest BCUT2D eigenvalue weighted by molar-refractivity contribution is 0.171. The van der Waals surface area contributed by atoms with Crippen LogP contribution in [-0.2, 0) is 0 Å². The van der Waals surface area contributed by atoms with E-state index in [9.17, 15) is 10.1 Å². The molecule has 0 heterocycles. The van der Waals surface area contributed by atoms with Crippen LogP contribution in [-0.4, -0.2) is 44.3 Å². The van der Waals surface area contributed by atoms with Gasteiger partial charge in [-0.25, -0.2) is 9.79 Å². The molecule has 0 spiro atoms. The number of hydrogen-bond donors (Lipinski definition) is 1. The van der Waals surface area contributed by atoms with Crippen LogP contribution < -0.4 is 10.1 Å². The van der Waals surface area contributed by atoms with Crippen LogP contribution in [0.5, 0.6) is 5.75 Å². The number of carbonyl (C=O) groups excluding carboxylic acids is 1. The summed E-state index contributed by atoms with van der Waals surface area (Å²) in [5.41, 5.74) is 1.88. The van der Waals surface area contributed by atoms with Crippen LogP contribution in [0, 0.1) is 11.3 Å². The molecule has 30 heavy (non-hydrogen) atoms. The molecule has 1 N–H and O–H groups in total. The van der Waals surface area contributed by atoms with Gasteiger partial charge in [0.05, 0.1) is 17.7 Å². The van der Waals surface area contributed by atoms with Gasteiger partial charge >= 0.3 is 6.09 Å². The first-order valence-corrected chi connectivity index (χ1v) is 9.71. The molecule has 2 aromatic rings. The number of amides is 1. The van der Waals surface area contributed by atoms with Gasteiger partial charge in [-0.05, 0) is 42.3 Å². The van der Waals surface area contributed by atoms with Crippen molar-refractivity contribution in [2.75, 3.05) is 21.1 Å². The molecule has 0 aliphatic rings. The van der Waals surface area contributed by atoms with Crippen molar-refractivity contribution in [3.8, 4) is 11.8 Å². The van der Waals surface area contributed by atoms with Gasteiger partial charge in [0.15, 0.2) is 0 Å². The van der Waals surface area contributed by atoms with Gasteiger partial charge in [0, 0.05) is 37.9 Å². The number of halogens is 1. The van der Waals surface area contributed by atoms with Crippen molar-refractivity contribution in [1.82, 2.24) is 10.2 Å². The number of nitrogens with zero attached hydrogens (tertiary/aromatic N) is 4. The number of ether oxygens (including phenoxy) is 1. The van der Waals surface area contributed by atoms with Gasteiger partial charge < -0.3 is 15.0 Å². The second kappa shape index (κ2) is 11.0. The fraction of sp³-hybridized carbons (Fsp3) is 0.273. The second-order valence-electron chi connectivity index (χ2n) is 6.53. The fourth-order valence-electron chi connectivity index (χ4n) is 2.62. The summed E-state index contributed by atoms with van der Waals surface area (Å²) in [6, 6.07) is 13.8. The molecule has 8 heteroatoms. The third kappa shape index (κ3) is 6.06. The van der Waals surface area contributed by atoms with E-state index in [-0.39, 0.29) is 0 Å². The number of aliphatic imine (C=N–C) groups is 2. The zero-order valence-corrected chi connectivity index (χ0v) is 18.1. The van der Waals surface area contributed by atoms with Crippen LogP contribution in [0.3, 0.4) is 0 Å². The van der Waals surface area contributed by atoms with Crippen LogP contribution in [0.25, 0.3) is 0 Å². The highest BCUT2D eigenvalue weighted by Gasteiger charge is 2.22. The lowest BCUT2D eigenvalue weighted by Crippen LogP contribution is -2.30. The van der Waals surface area contributed by atoms with E-state index < -0.39 is 12.1 Å². The number of guanidine groups is 1. The highest BCUT2D eigenvalue weighted by molar-refractivity contribution is 6.30. The maximum Gasteiger partial charge on any atom is 0.414 e. The molecule has 1 unspecified atom stereocenters. The van der Waals surface area contributed by atoms with Gasteiger partial charge in [0.25, 0.3) is 0 Å². The van der Waals surface area contributed by atoms with E-state index in [2.05, 4.69) is 21.4 Å². The first kappa shape index (κ1) is 22.9. The summed E-state index contributed by atoms with van der Waals surface area (Å²) in [4.78, 5) is 22.1. The fourth-order valence-corrected chi connectivity index (χ4v) is 2.80. The van der Waals surface area contributed by atoms with Gasteiger partial charge in [-0.2, -0.15) is 5.26 Å². The van der Waals surface area contributed by atoms with Gasteiger partial charge in [-0.15, -0.1) is 0 Å². The van der Waals surface area contributed by atoms with Crippen molar-refractivity contribution in [3.63, 3.8) is 0 Å². The van der Waals surface area contributed by atoms with E-state index >= 15 is 0 Å². The van der Waals surface area contributed by atoms with Crippen LogP contribution >= 0.6 is 11.6 Å². The van der Waals surface area contributed by atoms with E-state index in [0.29, 0.717) is 27.9 Å². The average Bonchev–Trinajstić information content (AvgIpc) is 2.75. The minimum Gasteiger partial charge on any atom is -0.410 e. The molecule has 2 aromatic carbocycles. The summed E-state index contributed by atoms with van der Waals surface area (Å²) >= 11 is 6.27. The summed E-state index contributed by atoms with van der Waals surface area (Å²) in [6.45, 7) is 1.97. The maximum absolute atomic E-state index is 12.2. The van der Waals surface area contributed by atoms with Gasteiger partial charge in [-0.1, -0.05) is 30.7 Å². The van der Waals surface area contributed by atoms with E-state index in [1.807, 2.05) is 13.0 Å². The lowest BCUT2D eigenvalue weighted by Gasteiger charge is -2.23. The van der Waals surface area contributed by atoms with E-state index in [0.717, 1.165) is 12.0 Å². The van der Waals surface area contributed by atoms with E-state index in [1.54, 1.807) is 63.8 Å². The Balaban J connectivity index is 2.61. The minimum absolute atomic E-state index is 0.341. The standard InChI is InChI=1S/C22H24ClN5O2/c1-5-11-26-21(25-2)27-20(16-8-6-7-15(12-16)14-24)18-13-17(23)9-10-19(18)30-22(29)28(3)4/h6-13,20H,5H2,1-4H3,(H,25,27)/b26-11-. The third-order valence-electron chi connectivity index (χ3n) is 4.08. The summed E-state index contributed by atoms with van der Waals surface area (Å²) < 4.78 is 5.56. The SMILES string of the molecule is CC/C=N\C(=NC)NC(c1cccc(C#N)c1)c1cc(Cl)ccc1OC(=O)N(C)C. The van der Waals surface area contributed by atoms with E-state index in [1.165, 1.54) is 4.90 Å². The minimum atomic E-state index is -0.519. The average molecular weight is 426 g/mol. The number of nitrogens with one attached hydrogen (secondary N) is 1. The Morgan fingerprint density at radius 1 is 1.33 bits per heavy atom. The number of carbonyl (C=O) groups is 1. The van der Waals surface area contributed by atoms with Crippen LogP contribution in [0.4, 0.5) is 4.79 Å². The predicted molar refractivity (Wildman–Crippen MR) is 119 cm³/mol. The number of hydrogen-bond acceptors (Lipinski definition) is 4. The van der Waals surface area contributed by atoms with Crippen LogP contribution in [0.2, 0.25) is 5.02 Å². The van der Waals surface area contributed by atoms with Gasteiger partial charge in [-0.3, -0.25) is 4.99 Å². The largest absolute Gasteiger partial charge is 0.414 e. The van der Waals surface area contributed by atoms with Crippen molar-refractivity contribution < 1.29 is 9.53 Å². The Bertz CT molecular complexity index is 995. The summed E-state index contributed by atoms with van der Waals surface area (Å²) in [5.74, 6) is 0.738. The second-order valence-corrected chi connectivity index (χ2v) is 6.96. The lowest BCUT2D eigenvalue weighted by atomic mass is 9.96. The molecule has 7 nitrogen and oxygen atoms in total. The van der Waals surface area contributed by atoms with Gasteiger partial charge in [0.1, 0.15) is 5.75 Å². The number of rotatable bonds is 5. The van der Waals surface area contributed by atoms with Crippen molar-refractivity contribution in [2.45, 2.75) is 19.4 Å². The molecule has 0 radical (unpaired) electrons. The first-order chi connectivity index (χ1) is 14.4. The Hall–Kier alpha value is -3.37. The monoisotopic (exact) mass is 425 g/mol. The number of nitriles is 1. The van der Waals surface area contributed by atoms with E-state index in [4.69, 9.17) is 16.3 Å². The van der Waals surface area contributed by atoms with Crippen molar-refractivity contribution in [3.05, 3.63) is 64.2 Å². The molecule has 1 amide bonds.